The van der Waals surface area contributed by atoms with Crippen molar-refractivity contribution in [2.45, 2.75) is 70.1 Å². The van der Waals surface area contributed by atoms with Gasteiger partial charge in [0, 0.05) is 24.2 Å². The summed E-state index contributed by atoms with van der Waals surface area (Å²) >= 11 is 0. The topological polar surface area (TPSA) is 135 Å². The van der Waals surface area contributed by atoms with Gasteiger partial charge in [-0.05, 0) is 65.2 Å². The molecule has 3 aliphatic heterocycles. The van der Waals surface area contributed by atoms with Gasteiger partial charge in [-0.25, -0.2) is 4.79 Å². The molecule has 2 N–H and O–H groups in total. The van der Waals surface area contributed by atoms with Crippen LogP contribution in [0.1, 0.15) is 69.6 Å². The van der Waals surface area contributed by atoms with E-state index in [0.29, 0.717) is 18.3 Å². The van der Waals surface area contributed by atoms with Crippen molar-refractivity contribution >= 4 is 22.7 Å². The molecule has 6 rings (SSSR count). The molecule has 1 aromatic carbocycles. The lowest BCUT2D eigenvalue weighted by Gasteiger charge is -2.50. The Balaban J connectivity index is 0.000000190. The Morgan fingerprint density at radius 3 is 2.70 bits per heavy atom. The minimum Gasteiger partial charge on any atom is -0.480 e. The number of aliphatic hydroxyl groups is 1. The van der Waals surface area contributed by atoms with E-state index in [9.17, 15) is 20.0 Å². The third-order valence-corrected chi connectivity index (χ3v) is 8.27. The van der Waals surface area contributed by atoms with E-state index in [2.05, 4.69) is 40.5 Å². The first kappa shape index (κ1) is 29.4. The Morgan fingerprint density at radius 2 is 2.05 bits per heavy atom. The van der Waals surface area contributed by atoms with Crippen LogP contribution >= 0.6 is 0 Å². The Labute approximate surface area is 234 Å². The fourth-order valence-corrected chi connectivity index (χ4v) is 6.04. The number of piperidine rings is 3. The molecular weight excluding hydrogens is 510 g/mol. The highest BCUT2D eigenvalue weighted by molar-refractivity contribution is 5.82. The quantitative estimate of drug-likeness (QED) is 0.138. The number of aliphatic carboxylic acids is 1. The molecule has 0 amide bonds. The number of imidazole rings is 1. The SMILES string of the molecule is C=C[C@H]1CN2CC[C@H]1C[C@H]2[C@H](O)c1ccnc2ccccc12.CCCCCC[C@H](C(=O)O)n1cnc([N+](=O)[O-])c1. The van der Waals surface area contributed by atoms with E-state index in [-0.39, 0.29) is 11.9 Å². The molecule has 3 saturated heterocycles. The van der Waals surface area contributed by atoms with Gasteiger partial charge in [-0.1, -0.05) is 56.9 Å². The van der Waals surface area contributed by atoms with Crippen LogP contribution in [-0.2, 0) is 4.79 Å². The number of hydrogen-bond acceptors (Lipinski definition) is 7. The molecule has 6 atom stereocenters. The average Bonchev–Trinajstić information content (AvgIpc) is 3.47. The lowest BCUT2D eigenvalue weighted by atomic mass is 9.73. The van der Waals surface area contributed by atoms with E-state index in [1.807, 2.05) is 30.5 Å². The van der Waals surface area contributed by atoms with E-state index in [0.717, 1.165) is 61.7 Å². The molecule has 214 valence electrons. The van der Waals surface area contributed by atoms with Crippen molar-refractivity contribution in [3.05, 3.63) is 77.4 Å². The Hall–Kier alpha value is -3.63. The first-order valence-electron chi connectivity index (χ1n) is 14.1. The largest absolute Gasteiger partial charge is 0.480 e. The summed E-state index contributed by atoms with van der Waals surface area (Å²) in [5, 5.41) is 31.7. The van der Waals surface area contributed by atoms with E-state index >= 15 is 0 Å². The van der Waals surface area contributed by atoms with Gasteiger partial charge in [-0.15, -0.1) is 6.58 Å². The number of rotatable bonds is 11. The number of aromatic nitrogens is 3. The van der Waals surface area contributed by atoms with Gasteiger partial charge < -0.3 is 20.3 Å². The maximum atomic E-state index is 11.1. The molecule has 0 aliphatic carbocycles. The molecule has 40 heavy (non-hydrogen) atoms. The number of hydrogen-bond donors (Lipinski definition) is 2. The third-order valence-electron chi connectivity index (χ3n) is 8.27. The monoisotopic (exact) mass is 549 g/mol. The van der Waals surface area contributed by atoms with Gasteiger partial charge in [0.15, 0.2) is 0 Å². The number of fused-ring (bicyclic) bond motifs is 4. The number of nitro groups is 1. The van der Waals surface area contributed by atoms with Crippen LogP contribution in [0.25, 0.3) is 10.9 Å². The van der Waals surface area contributed by atoms with Crippen LogP contribution < -0.4 is 0 Å². The van der Waals surface area contributed by atoms with Gasteiger partial charge >= 0.3 is 11.8 Å². The number of carboxylic acids is 1. The maximum absolute atomic E-state index is 11.1. The van der Waals surface area contributed by atoms with Gasteiger partial charge in [0.1, 0.15) is 12.2 Å². The zero-order chi connectivity index (χ0) is 28.6. The summed E-state index contributed by atoms with van der Waals surface area (Å²) in [4.78, 5) is 31.4. The first-order valence-corrected chi connectivity index (χ1v) is 14.1. The number of pyridine rings is 1. The molecule has 1 unspecified atom stereocenters. The van der Waals surface area contributed by atoms with Crippen LogP contribution in [-0.4, -0.2) is 59.7 Å². The Kier molecular flexibility index (Phi) is 10.0. The molecule has 0 saturated carbocycles. The summed E-state index contributed by atoms with van der Waals surface area (Å²) in [6.45, 7) is 8.19. The number of carbonyl (C=O) groups is 1. The van der Waals surface area contributed by atoms with Crippen LogP contribution in [0.2, 0.25) is 0 Å². The van der Waals surface area contributed by atoms with Gasteiger partial charge in [0.25, 0.3) is 0 Å². The van der Waals surface area contributed by atoms with Crippen molar-refractivity contribution in [2.24, 2.45) is 11.8 Å². The molecule has 3 aliphatic rings. The van der Waals surface area contributed by atoms with Crippen LogP contribution in [0.4, 0.5) is 5.82 Å². The van der Waals surface area contributed by atoms with E-state index < -0.39 is 23.0 Å². The fourth-order valence-electron chi connectivity index (χ4n) is 6.04. The van der Waals surface area contributed by atoms with Crippen molar-refractivity contribution in [1.82, 2.24) is 19.4 Å². The third kappa shape index (κ3) is 6.74. The second kappa shape index (κ2) is 13.6. The van der Waals surface area contributed by atoms with Crippen molar-refractivity contribution < 1.29 is 19.9 Å². The molecule has 0 spiro atoms. The first-order chi connectivity index (χ1) is 19.3. The minimum atomic E-state index is -0.987. The summed E-state index contributed by atoms with van der Waals surface area (Å²) in [6, 6.07) is 9.49. The second-order valence-electron chi connectivity index (χ2n) is 10.7. The zero-order valence-corrected chi connectivity index (χ0v) is 23.0. The number of carboxylic acid groups (broad SMARTS) is 1. The van der Waals surface area contributed by atoms with Gasteiger partial charge in [-0.3, -0.25) is 14.5 Å². The predicted molar refractivity (Wildman–Crippen MR) is 153 cm³/mol. The molecular formula is C30H39N5O5. The van der Waals surface area contributed by atoms with Crippen molar-refractivity contribution in [2.75, 3.05) is 13.1 Å². The average molecular weight is 550 g/mol. The molecule has 3 aromatic rings. The summed E-state index contributed by atoms with van der Waals surface area (Å²) in [5.74, 6) is -0.0461. The Morgan fingerprint density at radius 1 is 1.25 bits per heavy atom. The maximum Gasteiger partial charge on any atom is 0.381 e. The van der Waals surface area contributed by atoms with Gasteiger partial charge in [-0.2, -0.15) is 0 Å². The van der Waals surface area contributed by atoms with Crippen LogP contribution in [0, 0.1) is 22.0 Å². The summed E-state index contributed by atoms with van der Waals surface area (Å²) in [7, 11) is 0. The summed E-state index contributed by atoms with van der Waals surface area (Å²) < 4.78 is 1.30. The van der Waals surface area contributed by atoms with Gasteiger partial charge in [0.2, 0.25) is 6.33 Å². The van der Waals surface area contributed by atoms with E-state index in [1.165, 1.54) is 23.5 Å². The van der Waals surface area contributed by atoms with E-state index in [4.69, 9.17) is 5.11 Å². The second-order valence-corrected chi connectivity index (χ2v) is 10.7. The molecule has 3 fully saturated rings. The number of para-hydroxylation sites is 1. The van der Waals surface area contributed by atoms with Crippen LogP contribution in [0.3, 0.4) is 0 Å². The van der Waals surface area contributed by atoms with Crippen LogP contribution in [0.15, 0.2) is 61.7 Å². The van der Waals surface area contributed by atoms with Gasteiger partial charge in [0.05, 0.1) is 11.6 Å². The highest BCUT2D eigenvalue weighted by Crippen LogP contribution is 2.41. The van der Waals surface area contributed by atoms with Crippen molar-refractivity contribution in [1.29, 1.82) is 0 Å². The summed E-state index contributed by atoms with van der Waals surface area (Å²) in [6.07, 6.45) is 12.5. The number of nitrogens with zero attached hydrogens (tertiary/aromatic N) is 5. The molecule has 5 heterocycles. The smallest absolute Gasteiger partial charge is 0.381 e. The number of benzene rings is 1. The highest BCUT2D eigenvalue weighted by atomic mass is 16.6. The molecule has 10 nitrogen and oxygen atoms in total. The molecule has 2 bridgehead atoms. The van der Waals surface area contributed by atoms with Crippen molar-refractivity contribution in [3.63, 3.8) is 0 Å². The molecule has 2 aromatic heterocycles. The summed E-state index contributed by atoms with van der Waals surface area (Å²) in [5.41, 5.74) is 1.97. The zero-order valence-electron chi connectivity index (χ0n) is 23.0. The highest BCUT2D eigenvalue weighted by Gasteiger charge is 2.42. The minimum absolute atomic E-state index is 0.223. The fraction of sp³-hybridized carbons (Fsp3) is 0.500. The number of aliphatic hydroxyl groups excluding tert-OH is 1. The molecule has 0 radical (unpaired) electrons. The predicted octanol–water partition coefficient (Wildman–Crippen LogP) is 5.55. The van der Waals surface area contributed by atoms with E-state index in [1.54, 1.807) is 0 Å². The Bertz CT molecular complexity index is 1310. The lowest BCUT2D eigenvalue weighted by molar-refractivity contribution is -0.389. The number of unbranched alkanes of at least 4 members (excludes halogenated alkanes) is 3. The van der Waals surface area contributed by atoms with Crippen molar-refractivity contribution in [3.8, 4) is 0 Å². The lowest BCUT2D eigenvalue weighted by Crippen LogP contribution is -2.54. The molecule has 10 heteroatoms. The standard InChI is InChI=1S/C19H22N2O.C11H17N3O4/c1-2-13-12-21-10-8-14(13)11-18(21)19(22)16-7-9-20-17-6-4-3-5-15(16)17;1-2-3-4-5-6-9(11(15)16)13-7-10(12-8-13)14(17)18/h2-7,9,13-14,18-19,22H,1,8,10-12H2;7-9H,2-6H2,1H3,(H,15,16)/t13-,14-,18-,19+;9-/m01/s1. The van der Waals surface area contributed by atoms with Crippen LogP contribution in [0.5, 0.6) is 0 Å². The normalized spacial score (nSPS) is 23.1.